The Kier molecular flexibility index (Phi) is 25.4. The Hall–Kier alpha value is -11.3. The average Bonchev–Trinajstić information content (AvgIpc) is 1.77. The molecule has 0 aliphatic rings. The van der Waals surface area contributed by atoms with Gasteiger partial charge in [-0.2, -0.15) is 0 Å². The van der Waals surface area contributed by atoms with Crippen LogP contribution in [0.4, 0.5) is 0 Å². The summed E-state index contributed by atoms with van der Waals surface area (Å²) in [7, 11) is 0. The van der Waals surface area contributed by atoms with E-state index in [4.69, 9.17) is 28.4 Å². The maximum Gasteiger partial charge on any atom is 0.362 e. The predicted molar refractivity (Wildman–Crippen MR) is 422 cm³/mol. The summed E-state index contributed by atoms with van der Waals surface area (Å²) in [5.41, 5.74) is 9.67. The van der Waals surface area contributed by atoms with E-state index in [2.05, 4.69) is 138 Å². The second-order valence-corrected chi connectivity index (χ2v) is 33.5. The third-order valence-electron chi connectivity index (χ3n) is 16.6. The molecule has 0 bridgehead atoms. The van der Waals surface area contributed by atoms with Gasteiger partial charge < -0.3 is 44.4 Å². The lowest BCUT2D eigenvalue weighted by Gasteiger charge is -2.21. The van der Waals surface area contributed by atoms with E-state index in [1.807, 2.05) is 72.8 Å². The number of carbonyl (C=O) groups excluding carboxylic acids is 6. The second kappa shape index (κ2) is 34.3. The Morgan fingerprint density at radius 3 is 0.613 bits per heavy atom. The molecule has 0 saturated heterocycles. The van der Waals surface area contributed by atoms with Crippen molar-refractivity contribution in [2.45, 2.75) is 217 Å². The highest BCUT2D eigenvalue weighted by molar-refractivity contribution is 6.02. The molecule has 0 aliphatic carbocycles. The molecule has 10 aromatic rings. The minimum atomic E-state index is -0.822. The summed E-state index contributed by atoms with van der Waals surface area (Å²) in [6.07, 6.45) is 0. The van der Waals surface area contributed by atoms with Crippen molar-refractivity contribution in [3.63, 3.8) is 0 Å². The van der Waals surface area contributed by atoms with Crippen LogP contribution in [0.3, 0.4) is 0 Å². The van der Waals surface area contributed by atoms with Crippen molar-refractivity contribution in [2.24, 2.45) is 0 Å². The number of ether oxygens (including phenoxy) is 6. The zero-order chi connectivity index (χ0) is 80.4. The third kappa shape index (κ3) is 24.1. The van der Waals surface area contributed by atoms with Crippen LogP contribution >= 0.6 is 0 Å². The van der Waals surface area contributed by atoms with Crippen LogP contribution in [0.15, 0.2) is 164 Å². The van der Waals surface area contributed by atoms with Crippen LogP contribution in [0.5, 0.6) is 0 Å². The van der Waals surface area contributed by atoms with Crippen molar-refractivity contribution in [3.8, 4) is 33.4 Å². The maximum absolute atomic E-state index is 13.5. The molecule has 0 saturated carbocycles. The van der Waals surface area contributed by atoms with E-state index in [1.54, 1.807) is 125 Å². The number of benzene rings is 7. The van der Waals surface area contributed by atoms with Crippen LogP contribution < -0.4 is 16.0 Å². The first-order valence-electron chi connectivity index (χ1n) is 37.1. The van der Waals surface area contributed by atoms with E-state index in [1.165, 1.54) is 14.0 Å². The lowest BCUT2D eigenvalue weighted by Crippen LogP contribution is -2.29. The van der Waals surface area contributed by atoms with Crippen molar-refractivity contribution in [2.75, 3.05) is 0 Å². The molecule has 24 nitrogen and oxygen atoms in total. The van der Waals surface area contributed by atoms with Gasteiger partial charge in [-0.25, -0.2) is 42.8 Å². The molecule has 0 amide bonds. The molecule has 0 unspecified atom stereocenters. The Morgan fingerprint density at radius 1 is 0.252 bits per heavy atom. The molecule has 3 aromatic heterocycles. The Balaban J connectivity index is 0.806. The van der Waals surface area contributed by atoms with Gasteiger partial charge in [-0.05, 0) is 226 Å². The van der Waals surface area contributed by atoms with E-state index in [9.17, 15) is 28.8 Å². The second-order valence-electron chi connectivity index (χ2n) is 33.5. The highest BCUT2D eigenvalue weighted by Gasteiger charge is 2.36. The predicted octanol–water partition coefficient (Wildman–Crippen LogP) is 15.2. The molecule has 0 fully saturated rings. The summed E-state index contributed by atoms with van der Waals surface area (Å²) < 4.78 is 37.8. The van der Waals surface area contributed by atoms with Crippen LogP contribution in [0.25, 0.3) is 33.4 Å². The highest BCUT2D eigenvalue weighted by atomic mass is 16.6. The number of aromatic nitrogens is 9. The average molecular weight is 1510 g/mol. The minimum absolute atomic E-state index is 0.0729. The van der Waals surface area contributed by atoms with Gasteiger partial charge in [-0.3, -0.25) is 0 Å². The van der Waals surface area contributed by atoms with Crippen LogP contribution in [0, 0.1) is 0 Å². The monoisotopic (exact) mass is 1510 g/mol. The molecule has 7 aromatic carbocycles. The fourth-order valence-corrected chi connectivity index (χ4v) is 11.7. The number of hydrogen-bond acceptors (Lipinski definition) is 21. The largest absolute Gasteiger partial charge is 0.455 e. The standard InChI is InChI=1S/C87H102N12O12/c1-82(2,3)106-76(100)70-73(79(103)109-85(10,11)12)97(94-91-70)52-61-25-19-55(20-26-61)46-88-49-58-31-37-64(38-32-58)67-43-68(65-39-33-59(34-40-65)50-89-47-56-21-27-62(28-22-56)53-98-74(80(104)110-86(13,14)15)71(92-95-98)77(101)107-83(4,5)6)45-69(44-67)66-41-35-60(36-42-66)51-90-48-57-23-29-63(30-24-57)54-99-75(81(105)111-87(16,17)18)72(93-96-99)78(102)108-84(7,8)9/h19-45,88-90H,46-54H2,1-18H3. The molecule has 3 N–H and O–H groups in total. The van der Waals surface area contributed by atoms with Gasteiger partial charge in [0.25, 0.3) is 0 Å². The van der Waals surface area contributed by atoms with Crippen molar-refractivity contribution >= 4 is 35.8 Å². The number of carbonyl (C=O) groups is 6. The summed E-state index contributed by atoms with van der Waals surface area (Å²) in [5.74, 6) is -4.44. The Labute approximate surface area is 649 Å². The summed E-state index contributed by atoms with van der Waals surface area (Å²) in [6, 6.07) is 56.4. The van der Waals surface area contributed by atoms with E-state index in [0.717, 1.165) is 83.5 Å². The molecule has 0 atom stereocenters. The van der Waals surface area contributed by atoms with Crippen molar-refractivity contribution in [3.05, 3.63) is 248 Å². The van der Waals surface area contributed by atoms with Gasteiger partial charge in [0, 0.05) is 39.3 Å². The molecule has 0 aliphatic heterocycles. The molecule has 111 heavy (non-hydrogen) atoms. The zero-order valence-corrected chi connectivity index (χ0v) is 66.9. The summed E-state index contributed by atoms with van der Waals surface area (Å²) >= 11 is 0. The van der Waals surface area contributed by atoms with E-state index in [-0.39, 0.29) is 53.8 Å². The third-order valence-corrected chi connectivity index (χ3v) is 16.6. The number of nitrogens with one attached hydrogen (secondary N) is 3. The minimum Gasteiger partial charge on any atom is -0.455 e. The normalized spacial score (nSPS) is 12.2. The fraction of sp³-hybridized carbons (Fsp3) is 0.379. The van der Waals surface area contributed by atoms with Gasteiger partial charge in [-0.1, -0.05) is 161 Å². The van der Waals surface area contributed by atoms with Crippen LogP contribution in [0.2, 0.25) is 0 Å². The summed E-state index contributed by atoms with van der Waals surface area (Å²) in [5, 5.41) is 35.5. The van der Waals surface area contributed by atoms with Gasteiger partial charge in [0.1, 0.15) is 33.6 Å². The number of esters is 6. The molecule has 0 radical (unpaired) electrons. The molecule has 24 heteroatoms. The van der Waals surface area contributed by atoms with Gasteiger partial charge in [-0.15, -0.1) is 15.3 Å². The van der Waals surface area contributed by atoms with Gasteiger partial charge in [0.15, 0.2) is 17.1 Å². The molecule has 3 heterocycles. The number of hydrogen-bond donors (Lipinski definition) is 3. The van der Waals surface area contributed by atoms with Crippen LogP contribution in [0.1, 0.15) is 238 Å². The van der Waals surface area contributed by atoms with Gasteiger partial charge in [0.2, 0.25) is 17.1 Å². The van der Waals surface area contributed by atoms with E-state index in [0.29, 0.717) is 39.3 Å². The summed E-state index contributed by atoms with van der Waals surface area (Å²) in [6.45, 7) is 35.6. The van der Waals surface area contributed by atoms with Crippen molar-refractivity contribution in [1.29, 1.82) is 0 Å². The van der Waals surface area contributed by atoms with E-state index < -0.39 is 69.4 Å². The van der Waals surface area contributed by atoms with Gasteiger partial charge in [0.05, 0.1) is 19.6 Å². The first kappa shape index (κ1) is 82.2. The quantitative estimate of drug-likeness (QED) is 0.0318. The molecule has 582 valence electrons. The molecular formula is C87H102N12O12. The van der Waals surface area contributed by atoms with Crippen LogP contribution in [-0.4, -0.2) is 114 Å². The summed E-state index contributed by atoms with van der Waals surface area (Å²) in [4.78, 5) is 79.9. The van der Waals surface area contributed by atoms with Gasteiger partial charge >= 0.3 is 35.8 Å². The maximum atomic E-state index is 13.5. The number of rotatable bonds is 27. The highest BCUT2D eigenvalue weighted by Crippen LogP contribution is 2.35. The van der Waals surface area contributed by atoms with E-state index >= 15 is 0 Å². The topological polar surface area (TPSA) is 286 Å². The number of nitrogens with zero attached hydrogens (tertiary/aromatic N) is 9. The smallest absolute Gasteiger partial charge is 0.362 e. The first-order chi connectivity index (χ1) is 52.1. The fourth-order valence-electron chi connectivity index (χ4n) is 11.7. The molecular weight excluding hydrogens is 1410 g/mol. The van der Waals surface area contributed by atoms with Crippen molar-refractivity contribution < 1.29 is 57.2 Å². The molecule has 0 spiro atoms. The lowest BCUT2D eigenvalue weighted by atomic mass is 9.92. The van der Waals surface area contributed by atoms with Crippen LogP contribution in [-0.2, 0) is 87.3 Å². The first-order valence-corrected chi connectivity index (χ1v) is 37.1. The van der Waals surface area contributed by atoms with Crippen molar-refractivity contribution in [1.82, 2.24) is 60.9 Å². The SMILES string of the molecule is CC(C)(C)OC(=O)c1nnn(Cc2ccc(CNCc3ccc(-c4cc(-c5ccc(CNCc6ccc(Cn7nnc(C(=O)OC(C)(C)C)c7C(=O)OC(C)(C)C)cc6)cc5)cc(-c5ccc(CNCc6ccc(Cn7nnc(C(=O)OC(C)(C)C)c7C(=O)OC(C)(C)C)cc6)cc5)c4)cc3)cc2)c1C(=O)OC(C)(C)C. The Morgan fingerprint density at radius 2 is 0.423 bits per heavy atom. The Bertz CT molecular complexity index is 4420. The molecule has 10 rings (SSSR count). The lowest BCUT2D eigenvalue weighted by molar-refractivity contribution is 0.000757. The zero-order valence-electron chi connectivity index (χ0n) is 66.9.